The first-order valence-corrected chi connectivity index (χ1v) is 9.86. The number of hydrogen-bond donors (Lipinski definition) is 1. The largest absolute Gasteiger partial charge is 0.322 e. The van der Waals surface area contributed by atoms with Crippen LogP contribution in [0.3, 0.4) is 0 Å². The predicted octanol–water partition coefficient (Wildman–Crippen LogP) is 3.46. The van der Waals surface area contributed by atoms with E-state index in [0.717, 1.165) is 23.7 Å². The summed E-state index contributed by atoms with van der Waals surface area (Å²) < 4.78 is 25.1. The molecule has 0 atom stereocenters. The molecule has 0 aliphatic rings. The molecule has 26 heavy (non-hydrogen) atoms. The Morgan fingerprint density at radius 1 is 1.08 bits per heavy atom. The summed E-state index contributed by atoms with van der Waals surface area (Å²) in [5.74, 6) is -0.296. The number of sulfonamides is 1. The number of carbonyl (C=O) groups is 1. The number of rotatable bonds is 8. The van der Waals surface area contributed by atoms with Crippen LogP contribution in [0.1, 0.15) is 35.7 Å². The van der Waals surface area contributed by atoms with E-state index in [2.05, 4.69) is 12.2 Å². The van der Waals surface area contributed by atoms with Gasteiger partial charge in [-0.3, -0.25) is 9.63 Å². The van der Waals surface area contributed by atoms with Crippen molar-refractivity contribution < 1.29 is 18.0 Å². The Kier molecular flexibility index (Phi) is 6.90. The Hall–Kier alpha value is -2.22. The summed E-state index contributed by atoms with van der Waals surface area (Å²) in [6.45, 7) is 2.15. The molecular weight excluding hydrogens is 352 g/mol. The van der Waals surface area contributed by atoms with Gasteiger partial charge in [0.25, 0.3) is 15.9 Å². The average molecular weight is 376 g/mol. The number of unbranched alkanes of at least 4 members (excludes halogenated alkanes) is 1. The molecule has 0 heterocycles. The number of hydrogen-bond acceptors (Lipinski definition) is 4. The highest BCUT2D eigenvalue weighted by Crippen LogP contribution is 2.17. The number of carbonyl (C=O) groups excluding carboxylic acids is 1. The van der Waals surface area contributed by atoms with E-state index in [1.54, 1.807) is 0 Å². The van der Waals surface area contributed by atoms with Gasteiger partial charge in [0, 0.05) is 18.3 Å². The van der Waals surface area contributed by atoms with Gasteiger partial charge in [0.15, 0.2) is 0 Å². The molecule has 0 aliphatic carbocycles. The number of nitrogens with zero attached hydrogens (tertiary/aromatic N) is 1. The summed E-state index contributed by atoms with van der Waals surface area (Å²) in [5, 5.41) is 2.81. The number of benzene rings is 2. The van der Waals surface area contributed by atoms with Crippen LogP contribution in [0.2, 0.25) is 0 Å². The van der Waals surface area contributed by atoms with E-state index < -0.39 is 10.0 Å². The SMILES string of the molecule is CCCCc1ccc(NC(=O)c2ccc(S(=O)(=O)N(C)OC)cc2)cc1. The van der Waals surface area contributed by atoms with Crippen LogP contribution in [-0.4, -0.2) is 33.0 Å². The number of amides is 1. The quantitative estimate of drug-likeness (QED) is 0.716. The van der Waals surface area contributed by atoms with Crippen molar-refractivity contribution in [2.24, 2.45) is 0 Å². The molecule has 2 aromatic carbocycles. The molecular formula is C19H24N2O4S. The highest BCUT2D eigenvalue weighted by Gasteiger charge is 2.20. The summed E-state index contributed by atoms with van der Waals surface area (Å²) in [6, 6.07) is 13.5. The van der Waals surface area contributed by atoms with Gasteiger partial charge in [-0.2, -0.15) is 0 Å². The highest BCUT2D eigenvalue weighted by atomic mass is 32.2. The van der Waals surface area contributed by atoms with Crippen LogP contribution in [-0.2, 0) is 21.3 Å². The van der Waals surface area contributed by atoms with Crippen molar-refractivity contribution in [1.29, 1.82) is 0 Å². The predicted molar refractivity (Wildman–Crippen MR) is 101 cm³/mol. The normalized spacial score (nSPS) is 11.5. The van der Waals surface area contributed by atoms with E-state index in [1.165, 1.54) is 44.0 Å². The Bertz CT molecular complexity index is 831. The van der Waals surface area contributed by atoms with Crippen molar-refractivity contribution in [3.63, 3.8) is 0 Å². The zero-order valence-electron chi connectivity index (χ0n) is 15.2. The lowest BCUT2D eigenvalue weighted by molar-refractivity contribution is -0.0258. The van der Waals surface area contributed by atoms with Gasteiger partial charge in [-0.05, 0) is 54.8 Å². The minimum absolute atomic E-state index is 0.0543. The van der Waals surface area contributed by atoms with E-state index in [0.29, 0.717) is 11.3 Å². The van der Waals surface area contributed by atoms with Crippen LogP contribution >= 0.6 is 0 Å². The molecule has 2 rings (SSSR count). The summed E-state index contributed by atoms with van der Waals surface area (Å²) >= 11 is 0. The second-order valence-electron chi connectivity index (χ2n) is 5.88. The van der Waals surface area contributed by atoms with Gasteiger partial charge in [-0.15, -0.1) is 0 Å². The van der Waals surface area contributed by atoms with Crippen molar-refractivity contribution in [3.05, 3.63) is 59.7 Å². The third kappa shape index (κ3) is 4.91. The molecule has 0 fully saturated rings. The second kappa shape index (κ2) is 8.93. The molecule has 0 radical (unpaired) electrons. The van der Waals surface area contributed by atoms with E-state index in [-0.39, 0.29) is 10.8 Å². The van der Waals surface area contributed by atoms with Crippen molar-refractivity contribution in [3.8, 4) is 0 Å². The Labute approximate surface area is 154 Å². The van der Waals surface area contributed by atoms with Crippen LogP contribution in [0, 0.1) is 0 Å². The molecule has 7 heteroatoms. The third-order valence-electron chi connectivity index (χ3n) is 4.04. The van der Waals surface area contributed by atoms with Gasteiger partial charge in [-0.25, -0.2) is 8.42 Å². The van der Waals surface area contributed by atoms with E-state index in [1.807, 2.05) is 24.3 Å². The molecule has 0 aliphatic heterocycles. The lowest BCUT2D eigenvalue weighted by Crippen LogP contribution is -2.25. The molecule has 0 unspecified atom stereocenters. The Balaban J connectivity index is 2.06. The lowest BCUT2D eigenvalue weighted by atomic mass is 10.1. The maximum absolute atomic E-state index is 12.3. The Morgan fingerprint density at radius 3 is 2.23 bits per heavy atom. The fraction of sp³-hybridized carbons (Fsp3) is 0.316. The first kappa shape index (κ1) is 20.1. The summed E-state index contributed by atoms with van der Waals surface area (Å²) in [7, 11) is -1.15. The van der Waals surface area contributed by atoms with Crippen LogP contribution in [0.5, 0.6) is 0 Å². The summed E-state index contributed by atoms with van der Waals surface area (Å²) in [4.78, 5) is 17.1. The minimum Gasteiger partial charge on any atom is -0.322 e. The van der Waals surface area contributed by atoms with Crippen molar-refractivity contribution in [2.45, 2.75) is 31.1 Å². The average Bonchev–Trinajstić information content (AvgIpc) is 2.66. The van der Waals surface area contributed by atoms with Crippen molar-refractivity contribution in [2.75, 3.05) is 19.5 Å². The first-order chi connectivity index (χ1) is 12.4. The molecule has 140 valence electrons. The lowest BCUT2D eigenvalue weighted by Gasteiger charge is -2.14. The van der Waals surface area contributed by atoms with Crippen molar-refractivity contribution >= 4 is 21.6 Å². The van der Waals surface area contributed by atoms with E-state index in [4.69, 9.17) is 4.84 Å². The van der Waals surface area contributed by atoms with Crippen molar-refractivity contribution in [1.82, 2.24) is 4.47 Å². The van der Waals surface area contributed by atoms with Gasteiger partial charge >= 0.3 is 0 Å². The van der Waals surface area contributed by atoms with Gasteiger partial charge in [0.2, 0.25) is 0 Å². The monoisotopic (exact) mass is 376 g/mol. The van der Waals surface area contributed by atoms with Gasteiger partial charge in [0.1, 0.15) is 0 Å². The number of aryl methyl sites for hydroxylation is 1. The fourth-order valence-electron chi connectivity index (χ4n) is 2.36. The van der Waals surface area contributed by atoms with E-state index in [9.17, 15) is 13.2 Å². The minimum atomic E-state index is -3.72. The molecule has 0 saturated carbocycles. The number of anilines is 1. The van der Waals surface area contributed by atoms with Crippen LogP contribution < -0.4 is 5.32 Å². The molecule has 0 aromatic heterocycles. The van der Waals surface area contributed by atoms with Crippen LogP contribution in [0.25, 0.3) is 0 Å². The topological polar surface area (TPSA) is 75.7 Å². The third-order valence-corrected chi connectivity index (χ3v) is 5.73. The van der Waals surface area contributed by atoms with Crippen LogP contribution in [0.15, 0.2) is 53.4 Å². The maximum atomic E-state index is 12.3. The molecule has 0 spiro atoms. The molecule has 0 bridgehead atoms. The number of nitrogens with one attached hydrogen (secondary N) is 1. The summed E-state index contributed by atoms with van der Waals surface area (Å²) in [5.41, 5.74) is 2.31. The fourth-order valence-corrected chi connectivity index (χ4v) is 3.34. The van der Waals surface area contributed by atoms with Crippen LogP contribution in [0.4, 0.5) is 5.69 Å². The van der Waals surface area contributed by atoms with E-state index >= 15 is 0 Å². The maximum Gasteiger partial charge on any atom is 0.264 e. The molecule has 6 nitrogen and oxygen atoms in total. The zero-order chi connectivity index (χ0) is 19.2. The van der Waals surface area contributed by atoms with Gasteiger partial charge in [-0.1, -0.05) is 29.9 Å². The molecule has 0 saturated heterocycles. The first-order valence-electron chi connectivity index (χ1n) is 8.42. The number of hydroxylamine groups is 1. The highest BCUT2D eigenvalue weighted by molar-refractivity contribution is 7.89. The molecule has 1 amide bonds. The zero-order valence-corrected chi connectivity index (χ0v) is 16.0. The second-order valence-corrected chi connectivity index (χ2v) is 7.81. The molecule has 1 N–H and O–H groups in total. The Morgan fingerprint density at radius 2 is 1.69 bits per heavy atom. The molecule has 2 aromatic rings. The summed E-state index contributed by atoms with van der Waals surface area (Å²) in [6.07, 6.45) is 3.31. The smallest absolute Gasteiger partial charge is 0.264 e. The van der Waals surface area contributed by atoms with Gasteiger partial charge < -0.3 is 5.32 Å². The standard InChI is InChI=1S/C19H24N2O4S/c1-4-5-6-15-7-11-17(12-8-15)20-19(22)16-9-13-18(14-10-16)26(23,24)21(2)25-3/h7-14H,4-6H2,1-3H3,(H,20,22). The van der Waals surface area contributed by atoms with Gasteiger partial charge in [0.05, 0.1) is 12.0 Å².